The van der Waals surface area contributed by atoms with Crippen molar-refractivity contribution < 1.29 is 64.6 Å². The van der Waals surface area contributed by atoms with Crippen LogP contribution in [0.5, 0.6) is 0 Å². The number of hydrogen-bond acceptors (Lipinski definition) is 13. The lowest BCUT2D eigenvalue weighted by molar-refractivity contribution is -0.359. The Bertz CT molecular complexity index is 1560. The molecule has 9 N–H and O–H groups in total. The van der Waals surface area contributed by atoms with Crippen LogP contribution < -0.4 is 5.32 Å². The number of hydrogen-bond donors (Lipinski definition) is 9. The highest BCUT2D eigenvalue weighted by atomic mass is 16.7. The predicted molar refractivity (Wildman–Crippen MR) is 281 cm³/mol. The summed E-state index contributed by atoms with van der Waals surface area (Å²) in [6.07, 6.45) is 40.7. The van der Waals surface area contributed by atoms with Gasteiger partial charge in [0.1, 0.15) is 48.8 Å². The van der Waals surface area contributed by atoms with Gasteiger partial charge in [0.05, 0.1) is 32.0 Å². The third-order valence-corrected chi connectivity index (χ3v) is 12.5. The van der Waals surface area contributed by atoms with E-state index in [2.05, 4.69) is 104 Å². The molecule has 2 aliphatic heterocycles. The van der Waals surface area contributed by atoms with Gasteiger partial charge in [-0.1, -0.05) is 175 Å². The lowest BCUT2D eigenvalue weighted by atomic mass is 9.97. The Labute approximate surface area is 426 Å². The predicted octanol–water partition coefficient (Wildman–Crippen LogP) is 7.93. The molecule has 2 rings (SSSR count). The van der Waals surface area contributed by atoms with Crippen molar-refractivity contribution in [2.24, 2.45) is 0 Å². The van der Waals surface area contributed by atoms with E-state index in [1.165, 1.54) is 32.1 Å². The quantitative estimate of drug-likeness (QED) is 0.0210. The first-order valence-electron chi connectivity index (χ1n) is 27.0. The van der Waals surface area contributed by atoms with Crippen LogP contribution in [-0.2, 0) is 23.7 Å². The lowest BCUT2D eigenvalue weighted by Crippen LogP contribution is -2.65. The summed E-state index contributed by atoms with van der Waals surface area (Å²) in [7, 11) is 0. The summed E-state index contributed by atoms with van der Waals surface area (Å²) in [6, 6.07) is -0.920. The van der Waals surface area contributed by atoms with E-state index in [1.54, 1.807) is 6.08 Å². The fourth-order valence-electron chi connectivity index (χ4n) is 8.15. The Hall–Kier alpha value is -3.09. The van der Waals surface area contributed by atoms with Crippen molar-refractivity contribution in [3.05, 3.63) is 97.2 Å². The molecular formula is C57H95NO13. The van der Waals surface area contributed by atoms with E-state index >= 15 is 0 Å². The van der Waals surface area contributed by atoms with E-state index < -0.39 is 86.8 Å². The van der Waals surface area contributed by atoms with Gasteiger partial charge >= 0.3 is 0 Å². The van der Waals surface area contributed by atoms with Crippen LogP contribution in [0.1, 0.15) is 162 Å². The zero-order chi connectivity index (χ0) is 51.7. The van der Waals surface area contributed by atoms with Crippen LogP contribution in [0.2, 0.25) is 0 Å². The van der Waals surface area contributed by atoms with Crippen LogP contribution in [-0.4, -0.2) is 140 Å². The summed E-state index contributed by atoms with van der Waals surface area (Å²) in [5.74, 6) is -0.258. The van der Waals surface area contributed by atoms with Gasteiger partial charge in [-0.2, -0.15) is 0 Å². The van der Waals surface area contributed by atoms with Gasteiger partial charge in [0.15, 0.2) is 12.6 Å². The summed E-state index contributed by atoms with van der Waals surface area (Å²) in [6.45, 7) is 2.55. The van der Waals surface area contributed by atoms with Crippen molar-refractivity contribution in [3.8, 4) is 0 Å². The number of nitrogens with one attached hydrogen (secondary N) is 1. The molecule has 1 amide bonds. The highest BCUT2D eigenvalue weighted by molar-refractivity contribution is 5.76. The second-order valence-electron chi connectivity index (χ2n) is 18.6. The van der Waals surface area contributed by atoms with Crippen molar-refractivity contribution in [2.75, 3.05) is 19.8 Å². The Morgan fingerprint density at radius 1 is 0.521 bits per heavy atom. The standard InChI is InChI=1S/C57H95NO13/c1-3-5-7-9-11-12-13-14-15-16-17-18-19-20-21-22-23-24-25-26-27-28-29-30-31-32-33-34-35-37-39-41-49(62)58-45(46(61)40-38-36-10-8-6-4-2)44-68-56-54(67)52(65)55(48(43-60)70-56)71-57-53(66)51(64)50(63)47(42-59)69-57/h5,7,11-12,14-15,17-18,20-21,23-24,26-27,38,40,45-48,50-57,59-61,63-67H,3-4,6,8-10,13,16,19,22,25,28-37,39,41-44H2,1-2H3,(H,58,62)/b7-5-,12-11-,15-14-,18-17-,21-20-,24-23-,27-26-,40-38+. The van der Waals surface area contributed by atoms with Crippen LogP contribution in [0.4, 0.5) is 0 Å². The van der Waals surface area contributed by atoms with E-state index in [0.717, 1.165) is 103 Å². The zero-order valence-corrected chi connectivity index (χ0v) is 43.2. The highest BCUT2D eigenvalue weighted by Crippen LogP contribution is 2.30. The largest absolute Gasteiger partial charge is 0.394 e. The molecule has 0 radical (unpaired) electrons. The van der Waals surface area contributed by atoms with Crippen LogP contribution in [0, 0.1) is 0 Å². The van der Waals surface area contributed by atoms with Gasteiger partial charge in [0.25, 0.3) is 0 Å². The molecule has 12 atom stereocenters. The van der Waals surface area contributed by atoms with Gasteiger partial charge in [-0.15, -0.1) is 0 Å². The molecule has 0 saturated carbocycles. The van der Waals surface area contributed by atoms with Crippen molar-refractivity contribution in [1.29, 1.82) is 0 Å². The van der Waals surface area contributed by atoms with Crippen molar-refractivity contribution in [3.63, 3.8) is 0 Å². The maximum absolute atomic E-state index is 13.1. The molecule has 14 heteroatoms. The molecule has 0 aliphatic carbocycles. The molecule has 0 aromatic carbocycles. The molecular weight excluding hydrogens is 907 g/mol. The molecule has 12 unspecified atom stereocenters. The third kappa shape index (κ3) is 28.8. The number of carbonyl (C=O) groups is 1. The van der Waals surface area contributed by atoms with E-state index in [0.29, 0.717) is 6.42 Å². The van der Waals surface area contributed by atoms with E-state index in [4.69, 9.17) is 18.9 Å². The Kier molecular flexibility index (Phi) is 38.1. The van der Waals surface area contributed by atoms with Crippen molar-refractivity contribution in [1.82, 2.24) is 5.32 Å². The molecule has 0 aromatic rings. The van der Waals surface area contributed by atoms with Gasteiger partial charge < -0.3 is 65.1 Å². The summed E-state index contributed by atoms with van der Waals surface area (Å²) in [5.41, 5.74) is 0. The molecule has 2 heterocycles. The second kappa shape index (κ2) is 42.3. The van der Waals surface area contributed by atoms with Crippen LogP contribution in [0.25, 0.3) is 0 Å². The first kappa shape index (κ1) is 64.0. The molecule has 14 nitrogen and oxygen atoms in total. The topological polar surface area (TPSA) is 228 Å². The maximum atomic E-state index is 13.1. The second-order valence-corrected chi connectivity index (χ2v) is 18.6. The van der Waals surface area contributed by atoms with E-state index in [-0.39, 0.29) is 18.9 Å². The number of unbranched alkanes of at least 4 members (excludes halogenated alkanes) is 13. The Morgan fingerprint density at radius 2 is 0.972 bits per heavy atom. The Morgan fingerprint density at radius 3 is 1.49 bits per heavy atom. The van der Waals surface area contributed by atoms with Crippen LogP contribution in [0.15, 0.2) is 97.2 Å². The molecule has 0 spiro atoms. The normalized spacial score (nSPS) is 26.6. The van der Waals surface area contributed by atoms with E-state index in [1.807, 2.05) is 6.08 Å². The molecule has 2 fully saturated rings. The third-order valence-electron chi connectivity index (χ3n) is 12.5. The van der Waals surface area contributed by atoms with Crippen LogP contribution in [0.3, 0.4) is 0 Å². The highest BCUT2D eigenvalue weighted by Gasteiger charge is 2.51. The average Bonchev–Trinajstić information content (AvgIpc) is 3.37. The van der Waals surface area contributed by atoms with Gasteiger partial charge in [0, 0.05) is 6.42 Å². The van der Waals surface area contributed by atoms with Gasteiger partial charge in [-0.05, 0) is 77.0 Å². The number of carbonyl (C=O) groups excluding carboxylic acids is 1. The zero-order valence-electron chi connectivity index (χ0n) is 43.2. The molecule has 0 bridgehead atoms. The first-order valence-corrected chi connectivity index (χ1v) is 27.0. The van der Waals surface area contributed by atoms with Gasteiger partial charge in [-0.25, -0.2) is 0 Å². The Balaban J connectivity index is 1.64. The minimum absolute atomic E-state index is 0.258. The molecule has 2 saturated heterocycles. The van der Waals surface area contributed by atoms with Gasteiger partial charge in [-0.3, -0.25) is 4.79 Å². The summed E-state index contributed by atoms with van der Waals surface area (Å²) >= 11 is 0. The number of rotatable bonds is 40. The monoisotopic (exact) mass is 1000 g/mol. The number of aliphatic hydroxyl groups excluding tert-OH is 8. The van der Waals surface area contributed by atoms with Crippen molar-refractivity contribution >= 4 is 5.91 Å². The SMILES string of the molecule is CC/C=C\C/C=C\C/C=C\C/C=C\C/C=C\C/C=C\C/C=C\CCCCCCCCCCCC(=O)NC(COC1OC(CO)C(OC2OC(CO)C(O)C(O)C2O)C(O)C1O)C(O)/C=C/CCCCCC. The minimum Gasteiger partial charge on any atom is -0.394 e. The average molecular weight is 1000 g/mol. The molecule has 2 aliphatic rings. The number of ether oxygens (including phenoxy) is 4. The number of amides is 1. The smallest absolute Gasteiger partial charge is 0.220 e. The molecule has 406 valence electrons. The lowest BCUT2D eigenvalue weighted by Gasteiger charge is -2.46. The fourth-order valence-corrected chi connectivity index (χ4v) is 8.15. The van der Waals surface area contributed by atoms with E-state index in [9.17, 15) is 45.6 Å². The number of aliphatic hydroxyl groups is 8. The summed E-state index contributed by atoms with van der Waals surface area (Å²) in [4.78, 5) is 13.1. The summed E-state index contributed by atoms with van der Waals surface area (Å²) in [5, 5.41) is 86.4. The summed E-state index contributed by atoms with van der Waals surface area (Å²) < 4.78 is 22.6. The maximum Gasteiger partial charge on any atom is 0.220 e. The molecule has 71 heavy (non-hydrogen) atoms. The van der Waals surface area contributed by atoms with Crippen LogP contribution >= 0.6 is 0 Å². The molecule has 0 aromatic heterocycles. The minimum atomic E-state index is -1.79. The van der Waals surface area contributed by atoms with Crippen molar-refractivity contribution in [2.45, 2.75) is 235 Å². The first-order chi connectivity index (χ1) is 34.6. The van der Waals surface area contributed by atoms with Gasteiger partial charge in [0.2, 0.25) is 5.91 Å². The fraction of sp³-hybridized carbons (Fsp3) is 0.702. The number of allylic oxidation sites excluding steroid dienone is 15.